The van der Waals surface area contributed by atoms with Crippen LogP contribution < -0.4 is 0 Å². The molecule has 0 aliphatic rings. The van der Waals surface area contributed by atoms with Gasteiger partial charge in [-0.15, -0.1) is 6.58 Å². The molecule has 2 aromatic rings. The molecule has 3 nitrogen and oxygen atoms in total. The molecule has 0 heterocycles. The van der Waals surface area contributed by atoms with Crippen LogP contribution in [0.25, 0.3) is 0 Å². The maximum Gasteiger partial charge on any atom is 0.138 e. The van der Waals surface area contributed by atoms with Gasteiger partial charge >= 0.3 is 0 Å². The first-order chi connectivity index (χ1) is 11.7. The van der Waals surface area contributed by atoms with Gasteiger partial charge in [0.15, 0.2) is 0 Å². The lowest BCUT2D eigenvalue weighted by atomic mass is 9.87. The van der Waals surface area contributed by atoms with Crippen molar-refractivity contribution in [2.75, 3.05) is 32.8 Å². The van der Waals surface area contributed by atoms with Gasteiger partial charge in [0, 0.05) is 13.1 Å². The fourth-order valence-corrected chi connectivity index (χ4v) is 2.74. The predicted molar refractivity (Wildman–Crippen MR) is 99.0 cm³/mol. The standard InChI is InChI=1S/C21H27NO2/c1-3-15-22(4-2)16-17-24-18-21(23,19-11-7-5-8-12-19)20-13-9-6-10-14-20/h3,5-14,23H,1,4,15-18H2,2H3. The van der Waals surface area contributed by atoms with Crippen LogP contribution in [-0.4, -0.2) is 42.9 Å². The second-order valence-corrected chi connectivity index (χ2v) is 5.83. The van der Waals surface area contributed by atoms with E-state index in [0.29, 0.717) is 6.61 Å². The molecule has 0 amide bonds. The van der Waals surface area contributed by atoms with E-state index < -0.39 is 5.60 Å². The van der Waals surface area contributed by atoms with Crippen molar-refractivity contribution in [3.05, 3.63) is 84.4 Å². The van der Waals surface area contributed by atoms with E-state index in [1.807, 2.05) is 66.7 Å². The van der Waals surface area contributed by atoms with E-state index in [2.05, 4.69) is 18.4 Å². The smallest absolute Gasteiger partial charge is 0.138 e. The quantitative estimate of drug-likeness (QED) is 0.536. The van der Waals surface area contributed by atoms with Crippen LogP contribution in [0.5, 0.6) is 0 Å². The minimum atomic E-state index is -1.14. The summed E-state index contributed by atoms with van der Waals surface area (Å²) in [5.41, 5.74) is 0.544. The number of hydrogen-bond acceptors (Lipinski definition) is 3. The summed E-state index contributed by atoms with van der Waals surface area (Å²) < 4.78 is 5.86. The van der Waals surface area contributed by atoms with Crippen LogP contribution in [0, 0.1) is 0 Å². The van der Waals surface area contributed by atoms with Crippen molar-refractivity contribution < 1.29 is 9.84 Å². The first kappa shape index (κ1) is 18.4. The number of likely N-dealkylation sites (N-methyl/N-ethyl adjacent to an activating group) is 1. The summed E-state index contributed by atoms with van der Waals surface area (Å²) in [6, 6.07) is 19.4. The Kier molecular flexibility index (Phi) is 7.19. The molecular formula is C21H27NO2. The van der Waals surface area contributed by atoms with E-state index >= 15 is 0 Å². The molecule has 0 atom stereocenters. The van der Waals surface area contributed by atoms with Crippen LogP contribution in [0.4, 0.5) is 0 Å². The van der Waals surface area contributed by atoms with Crippen molar-refractivity contribution in [1.82, 2.24) is 4.90 Å². The molecule has 0 spiro atoms. The molecule has 24 heavy (non-hydrogen) atoms. The van der Waals surface area contributed by atoms with Crippen molar-refractivity contribution in [2.24, 2.45) is 0 Å². The highest BCUT2D eigenvalue weighted by molar-refractivity contribution is 5.35. The zero-order valence-corrected chi connectivity index (χ0v) is 14.4. The molecular weight excluding hydrogens is 298 g/mol. The Morgan fingerprint density at radius 2 is 1.58 bits per heavy atom. The molecule has 1 N–H and O–H groups in total. The normalized spacial score (nSPS) is 11.6. The van der Waals surface area contributed by atoms with Crippen LogP contribution in [0.1, 0.15) is 18.1 Å². The van der Waals surface area contributed by atoms with Crippen LogP contribution >= 0.6 is 0 Å². The number of benzene rings is 2. The van der Waals surface area contributed by atoms with Crippen LogP contribution in [0.3, 0.4) is 0 Å². The highest BCUT2D eigenvalue weighted by Gasteiger charge is 2.31. The number of nitrogens with zero attached hydrogens (tertiary/aromatic N) is 1. The Balaban J connectivity index is 2.07. The molecule has 3 heteroatoms. The number of rotatable bonds is 10. The second-order valence-electron chi connectivity index (χ2n) is 5.83. The fourth-order valence-electron chi connectivity index (χ4n) is 2.74. The summed E-state index contributed by atoms with van der Waals surface area (Å²) in [5, 5.41) is 11.3. The summed E-state index contributed by atoms with van der Waals surface area (Å²) in [6.45, 7) is 9.32. The van der Waals surface area contributed by atoms with Gasteiger partial charge in [-0.2, -0.15) is 0 Å². The molecule has 0 saturated carbocycles. The van der Waals surface area contributed by atoms with E-state index in [1.54, 1.807) is 0 Å². The third kappa shape index (κ3) is 4.78. The van der Waals surface area contributed by atoms with Gasteiger partial charge in [0.05, 0.1) is 13.2 Å². The summed E-state index contributed by atoms with van der Waals surface area (Å²) in [5.74, 6) is 0. The molecule has 0 unspecified atom stereocenters. The zero-order valence-electron chi connectivity index (χ0n) is 14.4. The van der Waals surface area contributed by atoms with Crippen molar-refractivity contribution >= 4 is 0 Å². The largest absolute Gasteiger partial charge is 0.378 e. The van der Waals surface area contributed by atoms with Crippen molar-refractivity contribution in [2.45, 2.75) is 12.5 Å². The second kappa shape index (κ2) is 9.38. The number of aliphatic hydroxyl groups is 1. The highest BCUT2D eigenvalue weighted by atomic mass is 16.5. The van der Waals surface area contributed by atoms with E-state index in [4.69, 9.17) is 4.74 Å². The highest BCUT2D eigenvalue weighted by Crippen LogP contribution is 2.29. The van der Waals surface area contributed by atoms with Gasteiger partial charge in [-0.05, 0) is 17.7 Å². The summed E-state index contributed by atoms with van der Waals surface area (Å²) in [4.78, 5) is 2.25. The molecule has 0 bridgehead atoms. The molecule has 0 aliphatic carbocycles. The first-order valence-electron chi connectivity index (χ1n) is 8.45. The molecule has 0 radical (unpaired) electrons. The summed E-state index contributed by atoms with van der Waals surface area (Å²) >= 11 is 0. The van der Waals surface area contributed by atoms with E-state index in [0.717, 1.165) is 30.8 Å². The first-order valence-corrected chi connectivity index (χ1v) is 8.45. The molecule has 2 aromatic carbocycles. The molecule has 0 aromatic heterocycles. The van der Waals surface area contributed by atoms with Gasteiger partial charge in [-0.3, -0.25) is 4.90 Å². The lowest BCUT2D eigenvalue weighted by Gasteiger charge is -2.29. The SMILES string of the molecule is C=CCN(CC)CCOCC(O)(c1ccccc1)c1ccccc1. The summed E-state index contributed by atoms with van der Waals surface area (Å²) in [7, 11) is 0. The predicted octanol–water partition coefficient (Wildman–Crippen LogP) is 3.45. The molecule has 2 rings (SSSR count). The van der Waals surface area contributed by atoms with Crippen molar-refractivity contribution in [3.8, 4) is 0 Å². The number of ether oxygens (including phenoxy) is 1. The zero-order chi connectivity index (χ0) is 17.3. The maximum absolute atomic E-state index is 11.3. The average molecular weight is 325 g/mol. The number of hydrogen-bond donors (Lipinski definition) is 1. The topological polar surface area (TPSA) is 32.7 Å². The van der Waals surface area contributed by atoms with Gasteiger partial charge in [0.1, 0.15) is 5.60 Å². The Labute approximate surface area is 145 Å². The lowest BCUT2D eigenvalue weighted by Crippen LogP contribution is -2.35. The average Bonchev–Trinajstić information content (AvgIpc) is 2.65. The van der Waals surface area contributed by atoms with Gasteiger partial charge < -0.3 is 9.84 Å². The van der Waals surface area contributed by atoms with Crippen molar-refractivity contribution in [3.63, 3.8) is 0 Å². The molecule has 128 valence electrons. The minimum absolute atomic E-state index is 0.229. The van der Waals surface area contributed by atoms with Crippen molar-refractivity contribution in [1.29, 1.82) is 0 Å². The Morgan fingerprint density at radius 1 is 1.04 bits per heavy atom. The fraction of sp³-hybridized carbons (Fsp3) is 0.333. The maximum atomic E-state index is 11.3. The lowest BCUT2D eigenvalue weighted by molar-refractivity contribution is -0.0261. The van der Waals surface area contributed by atoms with Gasteiger partial charge in [0.2, 0.25) is 0 Å². The Morgan fingerprint density at radius 3 is 2.04 bits per heavy atom. The molecule has 0 fully saturated rings. The molecule has 0 aliphatic heterocycles. The van der Waals surface area contributed by atoms with Crippen LogP contribution in [-0.2, 0) is 10.3 Å². The summed E-state index contributed by atoms with van der Waals surface area (Å²) in [6.07, 6.45) is 1.90. The van der Waals surface area contributed by atoms with Gasteiger partial charge in [-0.1, -0.05) is 73.7 Å². The molecule has 0 saturated heterocycles. The Hall–Kier alpha value is -1.94. The van der Waals surface area contributed by atoms with Crippen LogP contribution in [0.2, 0.25) is 0 Å². The Bertz CT molecular complexity index is 558. The van der Waals surface area contributed by atoms with E-state index in [-0.39, 0.29) is 6.61 Å². The van der Waals surface area contributed by atoms with Crippen LogP contribution in [0.15, 0.2) is 73.3 Å². The monoisotopic (exact) mass is 325 g/mol. The minimum Gasteiger partial charge on any atom is -0.378 e. The van der Waals surface area contributed by atoms with E-state index in [9.17, 15) is 5.11 Å². The third-order valence-corrected chi connectivity index (χ3v) is 4.20. The van der Waals surface area contributed by atoms with E-state index in [1.165, 1.54) is 0 Å². The van der Waals surface area contributed by atoms with Gasteiger partial charge in [0.25, 0.3) is 0 Å². The third-order valence-electron chi connectivity index (χ3n) is 4.20. The van der Waals surface area contributed by atoms with Gasteiger partial charge in [-0.25, -0.2) is 0 Å².